The fourth-order valence-corrected chi connectivity index (χ4v) is 5.87. The highest BCUT2D eigenvalue weighted by Crippen LogP contribution is 2.36. The van der Waals surface area contributed by atoms with E-state index in [1.807, 2.05) is 0 Å². The zero-order valence-corrected chi connectivity index (χ0v) is 27.4. The first-order valence-electron chi connectivity index (χ1n) is 15.6. The fraction of sp³-hybridized carbons (Fsp3) is 0.364. The minimum absolute atomic E-state index is 0.0806. The van der Waals surface area contributed by atoms with Crippen LogP contribution in [0, 0.1) is 5.82 Å². The van der Waals surface area contributed by atoms with E-state index < -0.39 is 41.1 Å². The lowest BCUT2D eigenvalue weighted by Crippen LogP contribution is -2.37. The van der Waals surface area contributed by atoms with Crippen molar-refractivity contribution in [3.8, 4) is 22.6 Å². The number of amides is 2. The SMILES string of the molecule is CC[C@@H](C(=O)Nc1ccc(C(=O)NCCN2CCCCC2)c(F)c1)n1cc(OC)c(-c2cc(Cl)ccc2-n2cc(C(F)(F)F)nn2)cc1=O. The van der Waals surface area contributed by atoms with Crippen LogP contribution >= 0.6 is 11.6 Å². The van der Waals surface area contributed by atoms with E-state index in [9.17, 15) is 31.9 Å². The van der Waals surface area contributed by atoms with E-state index >= 15 is 0 Å². The topological polar surface area (TPSA) is 123 Å². The van der Waals surface area contributed by atoms with E-state index in [4.69, 9.17) is 16.3 Å². The van der Waals surface area contributed by atoms with Gasteiger partial charge in [-0.25, -0.2) is 9.07 Å². The Labute approximate surface area is 283 Å². The maximum atomic E-state index is 15.0. The van der Waals surface area contributed by atoms with Gasteiger partial charge in [0.25, 0.3) is 11.5 Å². The lowest BCUT2D eigenvalue weighted by atomic mass is 10.0. The Balaban J connectivity index is 1.35. The molecule has 0 radical (unpaired) electrons. The van der Waals surface area contributed by atoms with Crippen LogP contribution in [0.5, 0.6) is 5.75 Å². The summed E-state index contributed by atoms with van der Waals surface area (Å²) in [6.07, 6.45) is 0.864. The standard InChI is InChI=1S/C33H34ClF4N7O4/c1-3-26(32(48)40-21-8-9-22(25(35)16-21)31(47)39-11-14-43-12-5-4-6-13-43)44-18-28(49-2)24(17-30(44)46)23-15-20(34)7-10-27(23)45-19-29(41-42-45)33(36,37)38/h7-10,15-19,26H,3-6,11-14H2,1-2H3,(H,39,47)(H,40,48)/t26-/m0/s1. The van der Waals surface area contributed by atoms with Crippen molar-refractivity contribution in [1.29, 1.82) is 0 Å². The van der Waals surface area contributed by atoms with Gasteiger partial charge in [0.1, 0.15) is 17.6 Å². The van der Waals surface area contributed by atoms with Gasteiger partial charge in [0.15, 0.2) is 5.69 Å². The van der Waals surface area contributed by atoms with Gasteiger partial charge >= 0.3 is 6.18 Å². The molecule has 0 bridgehead atoms. The molecule has 1 aliphatic rings. The summed E-state index contributed by atoms with van der Waals surface area (Å²) in [6.45, 7) is 4.68. The number of likely N-dealkylation sites (tertiary alicyclic amines) is 1. The molecular formula is C33H34ClF4N7O4. The van der Waals surface area contributed by atoms with Crippen LogP contribution in [0.15, 0.2) is 59.7 Å². The summed E-state index contributed by atoms with van der Waals surface area (Å²) in [5, 5.41) is 12.4. The van der Waals surface area contributed by atoms with Gasteiger partial charge in [-0.3, -0.25) is 19.0 Å². The highest BCUT2D eigenvalue weighted by molar-refractivity contribution is 6.31. The maximum Gasteiger partial charge on any atom is 0.436 e. The number of carbonyl (C=O) groups excluding carboxylic acids is 2. The highest BCUT2D eigenvalue weighted by Gasteiger charge is 2.35. The molecule has 1 aliphatic heterocycles. The van der Waals surface area contributed by atoms with Crippen molar-refractivity contribution in [2.75, 3.05) is 38.6 Å². The zero-order valence-electron chi connectivity index (χ0n) is 26.7. The van der Waals surface area contributed by atoms with Crippen LogP contribution in [-0.4, -0.2) is 69.6 Å². The lowest BCUT2D eigenvalue weighted by molar-refractivity contribution is -0.141. The molecule has 1 saturated heterocycles. The third kappa shape index (κ3) is 8.28. The molecule has 1 atom stereocenters. The third-order valence-corrected chi connectivity index (χ3v) is 8.45. The Morgan fingerprint density at radius 3 is 2.45 bits per heavy atom. The van der Waals surface area contributed by atoms with Crippen molar-refractivity contribution < 1.29 is 31.9 Å². The van der Waals surface area contributed by atoms with Crippen molar-refractivity contribution in [3.05, 3.63) is 87.3 Å². The molecule has 2 aromatic carbocycles. The number of ether oxygens (including phenoxy) is 1. The zero-order chi connectivity index (χ0) is 35.3. The number of anilines is 1. The van der Waals surface area contributed by atoms with E-state index in [1.54, 1.807) is 6.92 Å². The Morgan fingerprint density at radius 1 is 1.04 bits per heavy atom. The number of hydrogen-bond acceptors (Lipinski definition) is 7. The number of aromatic nitrogens is 4. The molecule has 0 aliphatic carbocycles. The second kappa shape index (κ2) is 15.2. The number of halogens is 5. The number of nitrogens with zero attached hydrogens (tertiary/aromatic N) is 5. The van der Waals surface area contributed by atoms with Gasteiger partial charge in [-0.1, -0.05) is 30.2 Å². The number of piperidine rings is 1. The Hall–Kier alpha value is -4.76. The summed E-state index contributed by atoms with van der Waals surface area (Å²) in [4.78, 5) is 41.7. The Kier molecular flexibility index (Phi) is 11.0. The second-order valence-corrected chi connectivity index (χ2v) is 11.9. The van der Waals surface area contributed by atoms with E-state index in [1.165, 1.54) is 56.1 Å². The van der Waals surface area contributed by atoms with E-state index in [0.717, 1.165) is 41.2 Å². The number of alkyl halides is 3. The molecule has 0 spiro atoms. The molecule has 11 nitrogen and oxygen atoms in total. The normalized spacial score (nSPS) is 14.3. The minimum atomic E-state index is -4.73. The molecule has 49 heavy (non-hydrogen) atoms. The molecule has 0 unspecified atom stereocenters. The largest absolute Gasteiger partial charge is 0.495 e. The summed E-state index contributed by atoms with van der Waals surface area (Å²) < 4.78 is 62.3. The number of methoxy groups -OCH3 is 1. The van der Waals surface area contributed by atoms with Gasteiger partial charge in [0.2, 0.25) is 5.91 Å². The predicted octanol–water partition coefficient (Wildman–Crippen LogP) is 5.72. The first-order valence-corrected chi connectivity index (χ1v) is 16.0. The first-order chi connectivity index (χ1) is 23.4. The Bertz CT molecular complexity index is 1890. The smallest absolute Gasteiger partial charge is 0.436 e. The molecule has 1 fully saturated rings. The number of rotatable bonds is 11. The summed E-state index contributed by atoms with van der Waals surface area (Å²) in [6, 6.07) is 8.11. The van der Waals surface area contributed by atoms with Gasteiger partial charge < -0.3 is 20.3 Å². The van der Waals surface area contributed by atoms with Crippen LogP contribution in [0.1, 0.15) is 54.7 Å². The minimum Gasteiger partial charge on any atom is -0.495 e. The third-order valence-electron chi connectivity index (χ3n) is 8.21. The van der Waals surface area contributed by atoms with Gasteiger partial charge in [-0.05, 0) is 68.8 Å². The van der Waals surface area contributed by atoms with Crippen molar-refractivity contribution >= 4 is 29.1 Å². The van der Waals surface area contributed by atoms with Crippen LogP contribution in [-0.2, 0) is 11.0 Å². The molecule has 2 amide bonds. The summed E-state index contributed by atoms with van der Waals surface area (Å²) in [7, 11) is 1.32. The molecule has 16 heteroatoms. The number of hydrogen-bond donors (Lipinski definition) is 2. The lowest BCUT2D eigenvalue weighted by Gasteiger charge is -2.26. The quantitative estimate of drug-likeness (QED) is 0.192. The molecule has 0 saturated carbocycles. The fourth-order valence-electron chi connectivity index (χ4n) is 5.70. The highest BCUT2D eigenvalue weighted by atomic mass is 35.5. The molecule has 3 heterocycles. The van der Waals surface area contributed by atoms with Crippen LogP contribution in [0.3, 0.4) is 0 Å². The van der Waals surface area contributed by atoms with Gasteiger partial charge in [-0.2, -0.15) is 13.2 Å². The second-order valence-electron chi connectivity index (χ2n) is 11.5. The average Bonchev–Trinajstić information content (AvgIpc) is 3.57. The monoisotopic (exact) mass is 703 g/mol. The molecule has 4 aromatic rings. The van der Waals surface area contributed by atoms with E-state index in [2.05, 4.69) is 25.8 Å². The van der Waals surface area contributed by atoms with Crippen molar-refractivity contribution in [2.24, 2.45) is 0 Å². The number of nitrogens with one attached hydrogen (secondary N) is 2. The van der Waals surface area contributed by atoms with Gasteiger partial charge in [0, 0.05) is 41.0 Å². The Morgan fingerprint density at radius 2 is 1.80 bits per heavy atom. The molecular weight excluding hydrogens is 670 g/mol. The van der Waals surface area contributed by atoms with Crippen molar-refractivity contribution in [3.63, 3.8) is 0 Å². The number of pyridine rings is 1. The van der Waals surface area contributed by atoms with Crippen molar-refractivity contribution in [2.45, 2.75) is 44.8 Å². The maximum absolute atomic E-state index is 15.0. The van der Waals surface area contributed by atoms with Crippen LogP contribution < -0.4 is 20.9 Å². The predicted molar refractivity (Wildman–Crippen MR) is 175 cm³/mol. The average molecular weight is 704 g/mol. The number of carbonyl (C=O) groups is 2. The summed E-state index contributed by atoms with van der Waals surface area (Å²) in [5.41, 5.74) is -1.41. The molecule has 260 valence electrons. The van der Waals surface area contributed by atoms with E-state index in [0.29, 0.717) is 19.3 Å². The summed E-state index contributed by atoms with van der Waals surface area (Å²) >= 11 is 6.23. The van der Waals surface area contributed by atoms with Crippen LogP contribution in [0.25, 0.3) is 16.8 Å². The van der Waals surface area contributed by atoms with Crippen LogP contribution in [0.2, 0.25) is 5.02 Å². The van der Waals surface area contributed by atoms with Gasteiger partial charge in [-0.15, -0.1) is 5.10 Å². The van der Waals surface area contributed by atoms with Crippen LogP contribution in [0.4, 0.5) is 23.2 Å². The van der Waals surface area contributed by atoms with Crippen molar-refractivity contribution in [1.82, 2.24) is 29.8 Å². The molecule has 2 N–H and O–H groups in total. The summed E-state index contributed by atoms with van der Waals surface area (Å²) in [5.74, 6) is -1.92. The number of benzene rings is 2. The van der Waals surface area contributed by atoms with Gasteiger partial charge in [0.05, 0.1) is 30.8 Å². The van der Waals surface area contributed by atoms with E-state index in [-0.39, 0.29) is 45.3 Å². The molecule has 2 aromatic heterocycles. The first kappa shape index (κ1) is 35.5. The molecule has 5 rings (SSSR count).